The number of nitrogens with zero attached hydrogens (tertiary/aromatic N) is 1. The number of aromatic nitrogens is 1. The first-order valence-corrected chi connectivity index (χ1v) is 9.16. The van der Waals surface area contributed by atoms with Gasteiger partial charge in [0.2, 0.25) is 10.0 Å². The van der Waals surface area contributed by atoms with E-state index in [1.807, 2.05) is 0 Å². The predicted octanol–water partition coefficient (Wildman–Crippen LogP) is 4.24. The highest BCUT2D eigenvalue weighted by atomic mass is 79.9. The van der Waals surface area contributed by atoms with E-state index in [4.69, 9.17) is 16.7 Å². The SMILES string of the molecule is NS(=O)(=O)c1cc(-c2cc(F)c(Br)cc2F)nc2cc(Cl)ccc12. The Bertz CT molecular complexity index is 1090. The Kier molecular flexibility index (Phi) is 4.33. The zero-order valence-electron chi connectivity index (χ0n) is 11.7. The molecule has 3 aromatic rings. The Hall–Kier alpha value is -1.61. The largest absolute Gasteiger partial charge is 0.248 e. The summed E-state index contributed by atoms with van der Waals surface area (Å²) in [4.78, 5) is 3.94. The van der Waals surface area contributed by atoms with Gasteiger partial charge in [0, 0.05) is 16.0 Å². The highest BCUT2D eigenvalue weighted by molar-refractivity contribution is 9.10. The van der Waals surface area contributed by atoms with Gasteiger partial charge in [-0.25, -0.2) is 27.3 Å². The van der Waals surface area contributed by atoms with E-state index in [0.29, 0.717) is 5.02 Å². The molecule has 0 unspecified atom stereocenters. The summed E-state index contributed by atoms with van der Waals surface area (Å²) >= 11 is 8.78. The van der Waals surface area contributed by atoms with Crippen LogP contribution in [0.2, 0.25) is 5.02 Å². The van der Waals surface area contributed by atoms with E-state index in [9.17, 15) is 17.2 Å². The monoisotopic (exact) mass is 432 g/mol. The molecule has 24 heavy (non-hydrogen) atoms. The van der Waals surface area contributed by atoms with Crippen LogP contribution in [0.15, 0.2) is 45.8 Å². The van der Waals surface area contributed by atoms with Crippen LogP contribution in [-0.4, -0.2) is 13.4 Å². The Morgan fingerprint density at radius 2 is 1.79 bits per heavy atom. The number of pyridine rings is 1. The molecule has 4 nitrogen and oxygen atoms in total. The molecule has 2 N–H and O–H groups in total. The lowest BCUT2D eigenvalue weighted by atomic mass is 10.1. The molecule has 0 aliphatic heterocycles. The third-order valence-electron chi connectivity index (χ3n) is 3.33. The molecule has 0 atom stereocenters. The molecule has 0 radical (unpaired) electrons. The first-order valence-electron chi connectivity index (χ1n) is 6.45. The highest BCUT2D eigenvalue weighted by Gasteiger charge is 2.19. The van der Waals surface area contributed by atoms with Gasteiger partial charge in [-0.3, -0.25) is 0 Å². The van der Waals surface area contributed by atoms with Crippen LogP contribution < -0.4 is 5.14 Å². The number of rotatable bonds is 2. The van der Waals surface area contributed by atoms with Crippen LogP contribution in [0.3, 0.4) is 0 Å². The van der Waals surface area contributed by atoms with Gasteiger partial charge in [0.15, 0.2) is 0 Å². The standard InChI is InChI=1S/C15H8BrClF2N2O2S/c16-10-5-11(18)9(4-12(10)19)14-6-15(24(20,22)23)8-2-1-7(17)3-13(8)21-14/h1-6H,(H2,20,22,23). The fourth-order valence-electron chi connectivity index (χ4n) is 2.26. The van der Waals surface area contributed by atoms with Crippen molar-refractivity contribution in [1.29, 1.82) is 0 Å². The number of hydrogen-bond acceptors (Lipinski definition) is 3. The van der Waals surface area contributed by atoms with Crippen LogP contribution in [-0.2, 0) is 10.0 Å². The molecule has 0 saturated heterocycles. The summed E-state index contributed by atoms with van der Waals surface area (Å²) in [6.07, 6.45) is 0. The molecular weight excluding hydrogens is 426 g/mol. The Balaban J connectivity index is 2.40. The van der Waals surface area contributed by atoms with Crippen molar-refractivity contribution in [2.24, 2.45) is 5.14 Å². The Morgan fingerprint density at radius 3 is 2.46 bits per heavy atom. The summed E-state index contributed by atoms with van der Waals surface area (Å²) in [7, 11) is -4.11. The van der Waals surface area contributed by atoms with Gasteiger partial charge in [-0.05, 0) is 52.3 Å². The number of nitrogens with two attached hydrogens (primary N) is 1. The van der Waals surface area contributed by atoms with Crippen LogP contribution in [0.5, 0.6) is 0 Å². The summed E-state index contributed by atoms with van der Waals surface area (Å²) in [5, 5.41) is 5.79. The van der Waals surface area contributed by atoms with Crippen molar-refractivity contribution in [3.63, 3.8) is 0 Å². The van der Waals surface area contributed by atoms with Gasteiger partial charge in [-0.15, -0.1) is 0 Å². The lowest BCUT2D eigenvalue weighted by Crippen LogP contribution is -2.13. The number of halogens is 4. The van der Waals surface area contributed by atoms with Crippen molar-refractivity contribution >= 4 is 48.5 Å². The summed E-state index contributed by atoms with van der Waals surface area (Å²) in [6, 6.07) is 7.32. The van der Waals surface area contributed by atoms with Crippen molar-refractivity contribution in [2.75, 3.05) is 0 Å². The van der Waals surface area contributed by atoms with Crippen molar-refractivity contribution in [1.82, 2.24) is 4.98 Å². The van der Waals surface area contributed by atoms with Gasteiger partial charge in [0.05, 0.1) is 20.6 Å². The van der Waals surface area contributed by atoms with Crippen LogP contribution in [0.1, 0.15) is 0 Å². The van der Waals surface area contributed by atoms with Crippen LogP contribution in [0, 0.1) is 11.6 Å². The Morgan fingerprint density at radius 1 is 1.08 bits per heavy atom. The lowest BCUT2D eigenvalue weighted by molar-refractivity contribution is 0.596. The van der Waals surface area contributed by atoms with Crippen molar-refractivity contribution in [3.05, 3.63) is 57.5 Å². The first-order chi connectivity index (χ1) is 11.2. The maximum atomic E-state index is 14.2. The molecule has 0 aliphatic carbocycles. The minimum atomic E-state index is -4.11. The van der Waals surface area contributed by atoms with Crippen molar-refractivity contribution in [2.45, 2.75) is 4.90 Å². The average molecular weight is 434 g/mol. The van der Waals surface area contributed by atoms with Gasteiger partial charge in [-0.2, -0.15) is 0 Å². The normalized spacial score (nSPS) is 11.9. The smallest absolute Gasteiger partial charge is 0.238 e. The van der Waals surface area contributed by atoms with Gasteiger partial charge in [0.25, 0.3) is 0 Å². The second-order valence-corrected chi connectivity index (χ2v) is 7.78. The number of hydrogen-bond donors (Lipinski definition) is 1. The summed E-state index contributed by atoms with van der Waals surface area (Å²) in [6.45, 7) is 0. The predicted molar refractivity (Wildman–Crippen MR) is 91.2 cm³/mol. The van der Waals surface area contributed by atoms with Crippen LogP contribution in [0.4, 0.5) is 8.78 Å². The zero-order valence-corrected chi connectivity index (χ0v) is 14.9. The van der Waals surface area contributed by atoms with Gasteiger partial charge >= 0.3 is 0 Å². The molecule has 0 fully saturated rings. The summed E-state index contributed by atoms with van der Waals surface area (Å²) in [5.74, 6) is -1.48. The summed E-state index contributed by atoms with van der Waals surface area (Å²) in [5.41, 5.74) is -0.0630. The van der Waals surface area contributed by atoms with E-state index in [1.54, 1.807) is 0 Å². The molecule has 1 heterocycles. The minimum Gasteiger partial charge on any atom is -0.248 e. The minimum absolute atomic E-state index is 0.0562. The van der Waals surface area contributed by atoms with E-state index in [1.165, 1.54) is 18.2 Å². The third kappa shape index (κ3) is 3.14. The quantitative estimate of drug-likeness (QED) is 0.614. The number of fused-ring (bicyclic) bond motifs is 1. The van der Waals surface area contributed by atoms with E-state index in [0.717, 1.165) is 18.2 Å². The van der Waals surface area contributed by atoms with Crippen LogP contribution in [0.25, 0.3) is 22.2 Å². The lowest BCUT2D eigenvalue weighted by Gasteiger charge is -2.10. The molecule has 0 spiro atoms. The third-order valence-corrected chi connectivity index (χ3v) is 5.12. The maximum Gasteiger partial charge on any atom is 0.238 e. The first kappa shape index (κ1) is 17.2. The Labute approximate surface area is 149 Å². The molecular formula is C15H8BrClF2N2O2S. The molecule has 0 aliphatic rings. The topological polar surface area (TPSA) is 73.1 Å². The zero-order chi connectivity index (χ0) is 17.6. The average Bonchev–Trinajstić information content (AvgIpc) is 2.48. The van der Waals surface area contributed by atoms with Gasteiger partial charge in [-0.1, -0.05) is 11.6 Å². The van der Waals surface area contributed by atoms with Crippen LogP contribution >= 0.6 is 27.5 Å². The van der Waals surface area contributed by atoms with E-state index < -0.39 is 21.7 Å². The second kappa shape index (κ2) is 6.03. The van der Waals surface area contributed by atoms with E-state index >= 15 is 0 Å². The molecule has 0 amide bonds. The van der Waals surface area contributed by atoms with E-state index in [-0.39, 0.29) is 31.5 Å². The molecule has 1 aromatic heterocycles. The summed E-state index contributed by atoms with van der Waals surface area (Å²) < 4.78 is 51.6. The molecule has 124 valence electrons. The second-order valence-electron chi connectivity index (χ2n) is 4.96. The van der Waals surface area contributed by atoms with Crippen molar-refractivity contribution < 1.29 is 17.2 Å². The fraction of sp³-hybridized carbons (Fsp3) is 0. The van der Waals surface area contributed by atoms with E-state index in [2.05, 4.69) is 20.9 Å². The fourth-order valence-corrected chi connectivity index (χ4v) is 3.50. The number of sulfonamides is 1. The van der Waals surface area contributed by atoms with Gasteiger partial charge in [0.1, 0.15) is 11.6 Å². The number of benzene rings is 2. The molecule has 2 aromatic carbocycles. The number of primary sulfonamides is 1. The molecule has 0 bridgehead atoms. The van der Waals surface area contributed by atoms with Crippen molar-refractivity contribution in [3.8, 4) is 11.3 Å². The molecule has 3 rings (SSSR count). The van der Waals surface area contributed by atoms with Gasteiger partial charge < -0.3 is 0 Å². The molecule has 0 saturated carbocycles. The maximum absolute atomic E-state index is 14.2. The molecule has 9 heteroatoms. The highest BCUT2D eigenvalue weighted by Crippen LogP contribution is 2.32.